The Balaban J connectivity index is 2.01. The average molecular weight is 292 g/mol. The van der Waals surface area contributed by atoms with Crippen molar-refractivity contribution in [2.45, 2.75) is 12.1 Å². The van der Waals surface area contributed by atoms with Gasteiger partial charge in [-0.2, -0.15) is 0 Å². The van der Waals surface area contributed by atoms with E-state index in [0.29, 0.717) is 10.7 Å². The first-order valence-electron chi connectivity index (χ1n) is 5.75. The Bertz CT molecular complexity index is 651. The number of hydrogen-bond acceptors (Lipinski definition) is 6. The summed E-state index contributed by atoms with van der Waals surface area (Å²) in [6.07, 6.45) is 0. The number of non-ortho nitro benzene ring substituents is 1. The lowest BCUT2D eigenvalue weighted by Crippen LogP contribution is -2.04. The number of nitro benzene ring substituents is 1. The van der Waals surface area contributed by atoms with Crippen LogP contribution in [0.2, 0.25) is 0 Å². The van der Waals surface area contributed by atoms with Gasteiger partial charge in [0.05, 0.1) is 10.7 Å². The molecular formula is C12H12N4O3S. The standard InChI is InChI=1S/C12H12N4O3S/c1-8-13-14-12(15(8)2)20-7-11(17)9-3-5-10(6-4-9)16(18)19/h3-6H,7H2,1-2H3. The van der Waals surface area contributed by atoms with Gasteiger partial charge >= 0.3 is 0 Å². The minimum Gasteiger partial charge on any atom is -0.309 e. The van der Waals surface area contributed by atoms with Crippen LogP contribution < -0.4 is 0 Å². The first-order chi connectivity index (χ1) is 9.49. The Morgan fingerprint density at radius 1 is 1.35 bits per heavy atom. The van der Waals surface area contributed by atoms with Gasteiger partial charge in [-0.15, -0.1) is 10.2 Å². The molecule has 7 nitrogen and oxygen atoms in total. The van der Waals surface area contributed by atoms with Gasteiger partial charge in [-0.05, 0) is 19.1 Å². The van der Waals surface area contributed by atoms with Crippen molar-refractivity contribution >= 4 is 23.2 Å². The molecule has 20 heavy (non-hydrogen) atoms. The Labute approximate surface area is 119 Å². The SMILES string of the molecule is Cc1nnc(SCC(=O)c2ccc([N+](=O)[O-])cc2)n1C. The molecule has 0 fully saturated rings. The zero-order valence-electron chi connectivity index (χ0n) is 10.9. The highest BCUT2D eigenvalue weighted by Gasteiger charge is 2.12. The third kappa shape index (κ3) is 3.02. The Morgan fingerprint density at radius 2 is 2.00 bits per heavy atom. The molecule has 0 bridgehead atoms. The van der Waals surface area contributed by atoms with Gasteiger partial charge in [-0.3, -0.25) is 14.9 Å². The number of carbonyl (C=O) groups is 1. The predicted molar refractivity (Wildman–Crippen MR) is 73.9 cm³/mol. The number of aryl methyl sites for hydroxylation is 1. The molecule has 0 atom stereocenters. The number of rotatable bonds is 5. The van der Waals surface area contributed by atoms with E-state index >= 15 is 0 Å². The Kier molecular flexibility index (Phi) is 4.14. The second kappa shape index (κ2) is 5.83. The van der Waals surface area contributed by atoms with Gasteiger partial charge in [0.25, 0.3) is 5.69 Å². The number of carbonyl (C=O) groups excluding carboxylic acids is 1. The molecule has 0 aliphatic rings. The molecule has 1 heterocycles. The molecular weight excluding hydrogens is 280 g/mol. The zero-order valence-corrected chi connectivity index (χ0v) is 11.8. The molecule has 0 amide bonds. The van der Waals surface area contributed by atoms with Crippen LogP contribution in [-0.4, -0.2) is 31.2 Å². The van der Waals surface area contributed by atoms with Crippen LogP contribution in [0.1, 0.15) is 16.2 Å². The van der Waals surface area contributed by atoms with Crippen LogP contribution in [0.4, 0.5) is 5.69 Å². The molecule has 1 aromatic carbocycles. The molecule has 8 heteroatoms. The second-order valence-corrected chi connectivity index (χ2v) is 5.05. The first kappa shape index (κ1) is 14.2. The van der Waals surface area contributed by atoms with Crippen molar-refractivity contribution < 1.29 is 9.72 Å². The molecule has 0 radical (unpaired) electrons. The van der Waals surface area contributed by atoms with Gasteiger partial charge in [0.2, 0.25) is 0 Å². The lowest BCUT2D eigenvalue weighted by molar-refractivity contribution is -0.384. The molecule has 104 valence electrons. The van der Waals surface area contributed by atoms with Gasteiger partial charge in [0.15, 0.2) is 10.9 Å². The highest BCUT2D eigenvalue weighted by Crippen LogP contribution is 2.18. The van der Waals surface area contributed by atoms with Crippen molar-refractivity contribution in [2.24, 2.45) is 7.05 Å². The minimum absolute atomic E-state index is 0.0295. The normalized spacial score (nSPS) is 10.5. The van der Waals surface area contributed by atoms with Crippen molar-refractivity contribution in [1.82, 2.24) is 14.8 Å². The summed E-state index contributed by atoms with van der Waals surface area (Å²) in [4.78, 5) is 22.0. The lowest BCUT2D eigenvalue weighted by Gasteiger charge is -2.01. The smallest absolute Gasteiger partial charge is 0.269 e. The summed E-state index contributed by atoms with van der Waals surface area (Å²) in [5.74, 6) is 0.880. The van der Waals surface area contributed by atoms with Crippen molar-refractivity contribution in [3.63, 3.8) is 0 Å². The summed E-state index contributed by atoms with van der Waals surface area (Å²) >= 11 is 1.29. The summed E-state index contributed by atoms with van der Waals surface area (Å²) in [5.41, 5.74) is 0.417. The molecule has 0 saturated heterocycles. The highest BCUT2D eigenvalue weighted by molar-refractivity contribution is 7.99. The van der Waals surface area contributed by atoms with E-state index in [0.717, 1.165) is 5.82 Å². The number of Topliss-reactive ketones (excluding diaryl/α,β-unsaturated/α-hetero) is 1. The topological polar surface area (TPSA) is 90.9 Å². The largest absolute Gasteiger partial charge is 0.309 e. The number of hydrogen-bond donors (Lipinski definition) is 0. The summed E-state index contributed by atoms with van der Waals surface area (Å²) in [6.45, 7) is 1.83. The van der Waals surface area contributed by atoms with Crippen molar-refractivity contribution in [3.8, 4) is 0 Å². The van der Waals surface area contributed by atoms with Gasteiger partial charge in [-0.1, -0.05) is 11.8 Å². The fourth-order valence-corrected chi connectivity index (χ4v) is 2.35. The van der Waals surface area contributed by atoms with E-state index in [4.69, 9.17) is 0 Å². The number of thioether (sulfide) groups is 1. The average Bonchev–Trinajstić information content (AvgIpc) is 2.76. The van der Waals surface area contributed by atoms with E-state index in [1.807, 2.05) is 14.0 Å². The predicted octanol–water partition coefficient (Wildman–Crippen LogP) is 2.01. The molecule has 0 aliphatic heterocycles. The maximum Gasteiger partial charge on any atom is 0.269 e. The molecule has 2 aromatic rings. The second-order valence-electron chi connectivity index (χ2n) is 4.10. The number of nitrogens with zero attached hydrogens (tertiary/aromatic N) is 4. The van der Waals surface area contributed by atoms with Gasteiger partial charge < -0.3 is 4.57 Å². The van der Waals surface area contributed by atoms with E-state index in [9.17, 15) is 14.9 Å². The first-order valence-corrected chi connectivity index (χ1v) is 6.74. The number of benzene rings is 1. The van der Waals surface area contributed by atoms with E-state index in [1.54, 1.807) is 4.57 Å². The molecule has 0 unspecified atom stereocenters. The molecule has 0 aliphatic carbocycles. The van der Waals surface area contributed by atoms with Crippen LogP contribution in [0.5, 0.6) is 0 Å². The zero-order chi connectivity index (χ0) is 14.7. The number of nitro groups is 1. The van der Waals surface area contributed by atoms with Crippen LogP contribution in [-0.2, 0) is 7.05 Å². The van der Waals surface area contributed by atoms with Crippen LogP contribution in [0, 0.1) is 17.0 Å². The Hall–Kier alpha value is -2.22. The molecule has 0 saturated carbocycles. The lowest BCUT2D eigenvalue weighted by atomic mass is 10.1. The molecule has 1 aromatic heterocycles. The van der Waals surface area contributed by atoms with Gasteiger partial charge in [0, 0.05) is 24.7 Å². The summed E-state index contributed by atoms with van der Waals surface area (Å²) in [5, 5.41) is 19.1. The maximum atomic E-state index is 12.0. The quantitative estimate of drug-likeness (QED) is 0.362. The van der Waals surface area contributed by atoms with Crippen LogP contribution in [0.3, 0.4) is 0 Å². The molecule has 0 N–H and O–H groups in total. The van der Waals surface area contributed by atoms with Crippen molar-refractivity contribution in [1.29, 1.82) is 0 Å². The van der Waals surface area contributed by atoms with Crippen LogP contribution in [0.15, 0.2) is 29.4 Å². The third-order valence-corrected chi connectivity index (χ3v) is 3.81. The molecule has 0 spiro atoms. The number of aromatic nitrogens is 3. The van der Waals surface area contributed by atoms with Crippen molar-refractivity contribution in [3.05, 3.63) is 45.8 Å². The van der Waals surface area contributed by atoms with Gasteiger partial charge in [-0.25, -0.2) is 0 Å². The fraction of sp³-hybridized carbons (Fsp3) is 0.250. The van der Waals surface area contributed by atoms with E-state index in [2.05, 4.69) is 10.2 Å². The summed E-state index contributed by atoms with van der Waals surface area (Å²) < 4.78 is 1.80. The minimum atomic E-state index is -0.495. The van der Waals surface area contributed by atoms with E-state index in [1.165, 1.54) is 36.0 Å². The van der Waals surface area contributed by atoms with Crippen LogP contribution >= 0.6 is 11.8 Å². The monoisotopic (exact) mass is 292 g/mol. The highest BCUT2D eigenvalue weighted by atomic mass is 32.2. The van der Waals surface area contributed by atoms with E-state index < -0.39 is 4.92 Å². The molecule has 2 rings (SSSR count). The van der Waals surface area contributed by atoms with Crippen LogP contribution in [0.25, 0.3) is 0 Å². The summed E-state index contributed by atoms with van der Waals surface area (Å²) in [7, 11) is 1.83. The van der Waals surface area contributed by atoms with Crippen molar-refractivity contribution in [2.75, 3.05) is 5.75 Å². The fourth-order valence-electron chi connectivity index (χ4n) is 1.50. The number of ketones is 1. The third-order valence-electron chi connectivity index (χ3n) is 2.79. The Morgan fingerprint density at radius 3 is 2.50 bits per heavy atom. The van der Waals surface area contributed by atoms with Gasteiger partial charge in [0.1, 0.15) is 5.82 Å². The van der Waals surface area contributed by atoms with E-state index in [-0.39, 0.29) is 17.2 Å². The maximum absolute atomic E-state index is 12.0. The summed E-state index contributed by atoms with van der Waals surface area (Å²) in [6, 6.07) is 5.57.